The Morgan fingerprint density at radius 3 is 2.13 bits per heavy atom. The van der Waals surface area contributed by atoms with Gasteiger partial charge in [0.1, 0.15) is 16.1 Å². The van der Waals surface area contributed by atoms with Crippen LogP contribution in [-0.4, -0.2) is 14.8 Å². The quantitative estimate of drug-likeness (QED) is 0.181. The van der Waals surface area contributed by atoms with Crippen molar-refractivity contribution in [2.45, 2.75) is 17.2 Å². The van der Waals surface area contributed by atoms with Gasteiger partial charge in [0.15, 0.2) is 5.69 Å². The summed E-state index contributed by atoms with van der Waals surface area (Å²) >= 11 is 5.37. The molecule has 0 radical (unpaired) electrons. The molecule has 0 saturated heterocycles. The molecule has 0 unspecified atom stereocenters. The highest BCUT2D eigenvalue weighted by molar-refractivity contribution is 8.04. The smallest absolute Gasteiger partial charge is 0.328 e. The number of aromatic nitrogens is 1. The van der Waals surface area contributed by atoms with Crippen LogP contribution in [0, 0.1) is 30.9 Å². The van der Waals surface area contributed by atoms with Gasteiger partial charge in [-0.2, -0.15) is 31.6 Å². The number of nitro groups is 2. The van der Waals surface area contributed by atoms with Crippen molar-refractivity contribution in [2.24, 2.45) is 0 Å². The monoisotopic (exact) mass is 487 g/mol. The van der Waals surface area contributed by atoms with Gasteiger partial charge in [-0.15, -0.1) is 0 Å². The fourth-order valence-corrected chi connectivity index (χ4v) is 3.10. The summed E-state index contributed by atoms with van der Waals surface area (Å²) in [6.45, 7) is 0. The van der Waals surface area contributed by atoms with Crippen molar-refractivity contribution >= 4 is 46.2 Å². The molecule has 31 heavy (non-hydrogen) atoms. The molecule has 0 fully saturated rings. The molecule has 0 aliphatic rings. The number of rotatable bonds is 5. The summed E-state index contributed by atoms with van der Waals surface area (Å²) in [7, 11) is 0. The van der Waals surface area contributed by atoms with Crippen molar-refractivity contribution in [1.29, 1.82) is 5.26 Å². The Balaban J connectivity index is 2.83. The van der Waals surface area contributed by atoms with Gasteiger partial charge in [0, 0.05) is 12.3 Å². The zero-order valence-corrected chi connectivity index (χ0v) is 15.8. The van der Waals surface area contributed by atoms with E-state index in [9.17, 15) is 46.6 Å². The fraction of sp³-hybridized carbons (Fsp3) is 0.143. The molecule has 1 aromatic carbocycles. The van der Waals surface area contributed by atoms with Gasteiger partial charge < -0.3 is 5.32 Å². The lowest BCUT2D eigenvalue weighted by Crippen LogP contribution is -2.12. The highest BCUT2D eigenvalue weighted by Gasteiger charge is 2.43. The average molecular weight is 488 g/mol. The lowest BCUT2D eigenvalue weighted by molar-refractivity contribution is -0.394. The number of benzene rings is 1. The van der Waals surface area contributed by atoms with E-state index in [1.165, 1.54) is 5.40 Å². The molecule has 17 heteroatoms. The largest absolute Gasteiger partial charge is 0.418 e. The second kappa shape index (κ2) is 8.43. The number of nitriles is 1. The Morgan fingerprint density at radius 1 is 1.10 bits per heavy atom. The number of nitrogens with zero attached hydrogens (tertiary/aromatic N) is 4. The summed E-state index contributed by atoms with van der Waals surface area (Å²) < 4.78 is 78.1. The van der Waals surface area contributed by atoms with E-state index in [0.29, 0.717) is 6.07 Å². The maximum absolute atomic E-state index is 13.3. The van der Waals surface area contributed by atoms with Gasteiger partial charge in [0.2, 0.25) is 0 Å². The third-order valence-electron chi connectivity index (χ3n) is 3.48. The topological polar surface area (TPSA) is 135 Å². The zero-order chi connectivity index (χ0) is 23.7. The predicted molar refractivity (Wildman–Crippen MR) is 93.8 cm³/mol. The number of anilines is 2. The Hall–Kier alpha value is -3.32. The summed E-state index contributed by atoms with van der Waals surface area (Å²) in [5.74, 6) is -0.742. The van der Waals surface area contributed by atoms with Gasteiger partial charge in [-0.05, 0) is 17.8 Å². The first kappa shape index (κ1) is 24.0. The Labute approximate surface area is 175 Å². The molecule has 0 amide bonds. The highest BCUT2D eigenvalue weighted by atomic mass is 35.5. The van der Waals surface area contributed by atoms with Crippen LogP contribution in [0.2, 0.25) is 5.02 Å². The minimum absolute atomic E-state index is 0.0486. The SMILES string of the molecule is N#CSc1c(C(F)(F)F)cc([N+](=O)[O-])c(Nc2ncc(C(F)(F)F)cc2Cl)c1[N+](=O)[O-]. The number of alkyl halides is 6. The Kier molecular flexibility index (Phi) is 6.52. The number of halogens is 7. The van der Waals surface area contributed by atoms with Crippen molar-refractivity contribution in [2.75, 3.05) is 5.32 Å². The van der Waals surface area contributed by atoms with Crippen LogP contribution < -0.4 is 5.32 Å². The summed E-state index contributed by atoms with van der Waals surface area (Å²) in [4.78, 5) is 22.0. The maximum Gasteiger partial charge on any atom is 0.418 e. The van der Waals surface area contributed by atoms with E-state index in [-0.39, 0.29) is 24.0 Å². The first-order valence-corrected chi connectivity index (χ1v) is 8.50. The number of pyridine rings is 1. The molecule has 9 nitrogen and oxygen atoms in total. The van der Waals surface area contributed by atoms with E-state index < -0.39 is 66.1 Å². The standard InChI is InChI=1S/C14H4ClF6N5O4S/c15-7-1-5(13(16,17)18)3-23-12(7)24-9-8(25(27)28)2-6(14(19,20)21)11(31-4-22)10(9)26(29)30/h1-3H,(H,23,24). The molecule has 1 N–H and O–H groups in total. The molecule has 2 aromatic rings. The van der Waals surface area contributed by atoms with E-state index in [4.69, 9.17) is 16.9 Å². The Bertz CT molecular complexity index is 1120. The molecule has 2 rings (SSSR count). The summed E-state index contributed by atoms with van der Waals surface area (Å²) in [6, 6.07) is 0.302. The van der Waals surface area contributed by atoms with Crippen LogP contribution in [0.25, 0.3) is 0 Å². The highest BCUT2D eigenvalue weighted by Crippen LogP contribution is 2.50. The number of thiocyanates is 1. The van der Waals surface area contributed by atoms with Gasteiger partial charge in [0.25, 0.3) is 0 Å². The van der Waals surface area contributed by atoms with Gasteiger partial charge in [-0.1, -0.05) is 11.6 Å². The number of nitrogens with one attached hydrogen (secondary N) is 1. The predicted octanol–water partition coefficient (Wildman–Crippen LogP) is 5.91. The van der Waals surface area contributed by atoms with Crippen LogP contribution in [0.5, 0.6) is 0 Å². The molecule has 0 spiro atoms. The van der Waals surface area contributed by atoms with Crippen molar-refractivity contribution in [1.82, 2.24) is 4.98 Å². The van der Waals surface area contributed by atoms with Gasteiger partial charge in [-0.3, -0.25) is 20.2 Å². The molecule has 0 aliphatic heterocycles. The van der Waals surface area contributed by atoms with Gasteiger partial charge in [0.05, 0.1) is 26.0 Å². The van der Waals surface area contributed by atoms with E-state index in [2.05, 4.69) is 4.98 Å². The lowest BCUT2D eigenvalue weighted by Gasteiger charge is -2.15. The molecule has 0 atom stereocenters. The van der Waals surface area contributed by atoms with Crippen LogP contribution >= 0.6 is 23.4 Å². The number of thioether (sulfide) groups is 1. The third-order valence-corrected chi connectivity index (χ3v) is 4.47. The molecular formula is C14H4ClF6N5O4S. The lowest BCUT2D eigenvalue weighted by atomic mass is 10.1. The van der Waals surface area contributed by atoms with Crippen LogP contribution in [-0.2, 0) is 12.4 Å². The van der Waals surface area contributed by atoms with E-state index in [1.807, 2.05) is 5.32 Å². The van der Waals surface area contributed by atoms with Crippen LogP contribution in [0.1, 0.15) is 11.1 Å². The minimum Gasteiger partial charge on any atom is -0.328 e. The first-order chi connectivity index (χ1) is 14.2. The van der Waals surface area contributed by atoms with E-state index in [0.717, 1.165) is 0 Å². The van der Waals surface area contributed by atoms with Gasteiger partial charge in [-0.25, -0.2) is 4.98 Å². The molecule has 0 bridgehead atoms. The van der Waals surface area contributed by atoms with Crippen molar-refractivity contribution in [3.05, 3.63) is 54.7 Å². The minimum atomic E-state index is -5.31. The second-order valence-corrected chi connectivity index (χ2v) is 6.58. The molecular weight excluding hydrogens is 484 g/mol. The zero-order valence-electron chi connectivity index (χ0n) is 14.2. The van der Waals surface area contributed by atoms with Gasteiger partial charge >= 0.3 is 23.7 Å². The third kappa shape index (κ3) is 5.06. The van der Waals surface area contributed by atoms with Crippen molar-refractivity contribution < 1.29 is 36.2 Å². The van der Waals surface area contributed by atoms with Crippen LogP contribution in [0.15, 0.2) is 23.2 Å². The van der Waals surface area contributed by atoms with Crippen LogP contribution in [0.4, 0.5) is 49.2 Å². The molecule has 1 heterocycles. The number of hydrogen-bond donors (Lipinski definition) is 1. The summed E-state index contributed by atoms with van der Waals surface area (Å²) in [5.41, 5.74) is -7.26. The second-order valence-electron chi connectivity index (χ2n) is 5.38. The first-order valence-electron chi connectivity index (χ1n) is 7.31. The van der Waals surface area contributed by atoms with Crippen molar-refractivity contribution in [3.63, 3.8) is 0 Å². The van der Waals surface area contributed by atoms with E-state index >= 15 is 0 Å². The Morgan fingerprint density at radius 2 is 1.71 bits per heavy atom. The fourth-order valence-electron chi connectivity index (χ4n) is 2.24. The number of hydrogen-bond acceptors (Lipinski definition) is 8. The average Bonchev–Trinajstić information content (AvgIpc) is 2.61. The summed E-state index contributed by atoms with van der Waals surface area (Å²) in [6.07, 6.45) is -9.92. The molecule has 164 valence electrons. The molecule has 0 aliphatic carbocycles. The van der Waals surface area contributed by atoms with Crippen molar-refractivity contribution in [3.8, 4) is 5.40 Å². The molecule has 0 saturated carbocycles. The van der Waals surface area contributed by atoms with Crippen LogP contribution in [0.3, 0.4) is 0 Å². The summed E-state index contributed by atoms with van der Waals surface area (Å²) in [5, 5.41) is 33.9. The van der Waals surface area contributed by atoms with E-state index in [1.54, 1.807) is 0 Å². The molecule has 1 aromatic heterocycles. The maximum atomic E-state index is 13.3. The number of nitro benzene ring substituents is 2. The normalized spacial score (nSPS) is 11.7.